The van der Waals surface area contributed by atoms with Gasteiger partial charge >= 0.3 is 0 Å². The average molecular weight is 321 g/mol. The fraction of sp³-hybridized carbons (Fsp3) is 0.350. The first-order chi connectivity index (χ1) is 11.8. The van der Waals surface area contributed by atoms with Crippen molar-refractivity contribution in [1.29, 1.82) is 0 Å². The lowest BCUT2D eigenvalue weighted by Crippen LogP contribution is -2.25. The summed E-state index contributed by atoms with van der Waals surface area (Å²) in [6.07, 6.45) is 2.63. The van der Waals surface area contributed by atoms with E-state index < -0.39 is 0 Å². The van der Waals surface area contributed by atoms with Gasteiger partial charge in [-0.15, -0.1) is 0 Å². The molecule has 4 heteroatoms. The van der Waals surface area contributed by atoms with Crippen molar-refractivity contribution in [2.75, 3.05) is 26.2 Å². The molecule has 3 aromatic rings. The summed E-state index contributed by atoms with van der Waals surface area (Å²) in [5.74, 6) is 1.76. The molecule has 0 bridgehead atoms. The Labute approximate surface area is 142 Å². The zero-order valence-electron chi connectivity index (χ0n) is 14.1. The maximum Gasteiger partial charge on any atom is 0.142 e. The molecule has 1 N–H and O–H groups in total. The SMILES string of the molecule is Cc1ccc2nc(-c3ccccc3OCCN3CCCC3)[nH]c2c1. The number of ether oxygens (including phenoxy) is 1. The highest BCUT2D eigenvalue weighted by Gasteiger charge is 2.13. The molecule has 0 atom stereocenters. The van der Waals surface area contributed by atoms with Crippen LogP contribution < -0.4 is 4.74 Å². The van der Waals surface area contributed by atoms with Gasteiger partial charge in [-0.05, 0) is 62.7 Å². The zero-order valence-corrected chi connectivity index (χ0v) is 14.1. The van der Waals surface area contributed by atoms with Crippen LogP contribution in [0.4, 0.5) is 0 Å². The second-order valence-corrected chi connectivity index (χ2v) is 6.50. The van der Waals surface area contributed by atoms with E-state index in [1.54, 1.807) is 0 Å². The number of fused-ring (bicyclic) bond motifs is 1. The van der Waals surface area contributed by atoms with Crippen LogP contribution in [0.15, 0.2) is 42.5 Å². The van der Waals surface area contributed by atoms with Crippen molar-refractivity contribution in [3.8, 4) is 17.1 Å². The molecule has 1 saturated heterocycles. The van der Waals surface area contributed by atoms with Gasteiger partial charge in [-0.3, -0.25) is 4.90 Å². The number of imidazole rings is 1. The van der Waals surface area contributed by atoms with Gasteiger partial charge in [-0.25, -0.2) is 4.98 Å². The minimum Gasteiger partial charge on any atom is -0.491 e. The molecule has 1 aliphatic heterocycles. The van der Waals surface area contributed by atoms with Crippen molar-refractivity contribution in [2.45, 2.75) is 19.8 Å². The summed E-state index contributed by atoms with van der Waals surface area (Å²) in [4.78, 5) is 10.6. The van der Waals surface area contributed by atoms with Gasteiger partial charge in [0.25, 0.3) is 0 Å². The molecule has 0 saturated carbocycles. The number of hydrogen-bond acceptors (Lipinski definition) is 3. The minimum absolute atomic E-state index is 0.719. The average Bonchev–Trinajstić information content (AvgIpc) is 3.24. The number of aryl methyl sites for hydroxylation is 1. The number of likely N-dealkylation sites (tertiary alicyclic amines) is 1. The zero-order chi connectivity index (χ0) is 16.4. The van der Waals surface area contributed by atoms with Crippen molar-refractivity contribution in [3.05, 3.63) is 48.0 Å². The fourth-order valence-corrected chi connectivity index (χ4v) is 3.33. The molecule has 1 aromatic heterocycles. The molecule has 1 aliphatic rings. The van der Waals surface area contributed by atoms with E-state index in [2.05, 4.69) is 41.1 Å². The number of nitrogens with zero attached hydrogens (tertiary/aromatic N) is 2. The predicted octanol–water partition coefficient (Wildman–Crippen LogP) is 4.01. The minimum atomic E-state index is 0.719. The van der Waals surface area contributed by atoms with Gasteiger partial charge < -0.3 is 9.72 Å². The molecule has 0 spiro atoms. The maximum absolute atomic E-state index is 6.07. The number of aromatic amines is 1. The number of rotatable bonds is 5. The number of nitrogens with one attached hydrogen (secondary N) is 1. The van der Waals surface area contributed by atoms with Crippen LogP contribution in [0.1, 0.15) is 18.4 Å². The van der Waals surface area contributed by atoms with Crippen LogP contribution in [-0.4, -0.2) is 41.1 Å². The van der Waals surface area contributed by atoms with Crippen LogP contribution in [0.2, 0.25) is 0 Å². The van der Waals surface area contributed by atoms with E-state index in [1.165, 1.54) is 31.5 Å². The van der Waals surface area contributed by atoms with Crippen LogP contribution in [0.5, 0.6) is 5.75 Å². The van der Waals surface area contributed by atoms with Crippen molar-refractivity contribution >= 4 is 11.0 Å². The third-order valence-electron chi connectivity index (χ3n) is 4.64. The summed E-state index contributed by atoms with van der Waals surface area (Å²) in [6.45, 7) is 6.21. The van der Waals surface area contributed by atoms with Gasteiger partial charge in [-0.2, -0.15) is 0 Å². The van der Waals surface area contributed by atoms with E-state index in [4.69, 9.17) is 9.72 Å². The molecule has 0 radical (unpaired) electrons. The van der Waals surface area contributed by atoms with E-state index in [0.717, 1.165) is 41.3 Å². The number of hydrogen-bond donors (Lipinski definition) is 1. The van der Waals surface area contributed by atoms with Crippen LogP contribution in [-0.2, 0) is 0 Å². The normalized spacial score (nSPS) is 15.2. The fourth-order valence-electron chi connectivity index (χ4n) is 3.33. The van der Waals surface area contributed by atoms with Crippen molar-refractivity contribution < 1.29 is 4.74 Å². The highest BCUT2D eigenvalue weighted by molar-refractivity contribution is 5.81. The molecule has 2 aromatic carbocycles. The van der Waals surface area contributed by atoms with Crippen LogP contribution in [0.25, 0.3) is 22.4 Å². The number of H-pyrrole nitrogens is 1. The molecule has 2 heterocycles. The topological polar surface area (TPSA) is 41.1 Å². The van der Waals surface area contributed by atoms with Gasteiger partial charge in [0.15, 0.2) is 0 Å². The molecular formula is C20H23N3O. The number of para-hydroxylation sites is 1. The molecule has 1 fully saturated rings. The number of benzene rings is 2. The van der Waals surface area contributed by atoms with Gasteiger partial charge in [0.1, 0.15) is 18.2 Å². The highest BCUT2D eigenvalue weighted by atomic mass is 16.5. The first kappa shape index (κ1) is 15.2. The summed E-state index contributed by atoms with van der Waals surface area (Å²) < 4.78 is 6.07. The Bertz CT molecular complexity index is 834. The summed E-state index contributed by atoms with van der Waals surface area (Å²) in [7, 11) is 0. The van der Waals surface area contributed by atoms with Crippen molar-refractivity contribution in [1.82, 2.24) is 14.9 Å². The largest absolute Gasteiger partial charge is 0.491 e. The van der Waals surface area contributed by atoms with Gasteiger partial charge in [0, 0.05) is 6.54 Å². The third kappa shape index (κ3) is 3.15. The van der Waals surface area contributed by atoms with Gasteiger partial charge in [0.05, 0.1) is 16.6 Å². The molecule has 4 rings (SSSR count). The molecule has 4 nitrogen and oxygen atoms in total. The van der Waals surface area contributed by atoms with Crippen molar-refractivity contribution in [3.63, 3.8) is 0 Å². The molecule has 24 heavy (non-hydrogen) atoms. The maximum atomic E-state index is 6.07. The highest BCUT2D eigenvalue weighted by Crippen LogP contribution is 2.29. The Balaban J connectivity index is 1.55. The van der Waals surface area contributed by atoms with Crippen LogP contribution in [0, 0.1) is 6.92 Å². The summed E-state index contributed by atoms with van der Waals surface area (Å²) >= 11 is 0. The molecular weight excluding hydrogens is 298 g/mol. The Morgan fingerprint density at radius 1 is 1.12 bits per heavy atom. The Morgan fingerprint density at radius 3 is 2.83 bits per heavy atom. The van der Waals surface area contributed by atoms with E-state index in [-0.39, 0.29) is 0 Å². The second kappa shape index (κ2) is 6.65. The summed E-state index contributed by atoms with van der Waals surface area (Å²) in [6, 6.07) is 14.4. The Kier molecular flexibility index (Phi) is 4.22. The Morgan fingerprint density at radius 2 is 1.96 bits per heavy atom. The Hall–Kier alpha value is -2.33. The summed E-state index contributed by atoms with van der Waals surface area (Å²) in [5.41, 5.74) is 4.31. The van der Waals surface area contributed by atoms with E-state index in [0.29, 0.717) is 0 Å². The molecule has 0 unspecified atom stereocenters. The summed E-state index contributed by atoms with van der Waals surface area (Å²) in [5, 5.41) is 0. The molecule has 124 valence electrons. The van der Waals surface area contributed by atoms with Crippen LogP contribution in [0.3, 0.4) is 0 Å². The lowest BCUT2D eigenvalue weighted by atomic mass is 10.2. The molecule has 0 amide bonds. The quantitative estimate of drug-likeness (QED) is 0.772. The van der Waals surface area contributed by atoms with E-state index in [9.17, 15) is 0 Å². The van der Waals surface area contributed by atoms with Gasteiger partial charge in [0.2, 0.25) is 0 Å². The predicted molar refractivity (Wildman–Crippen MR) is 97.4 cm³/mol. The molecule has 0 aliphatic carbocycles. The lowest BCUT2D eigenvalue weighted by molar-refractivity contribution is 0.238. The number of aromatic nitrogens is 2. The lowest BCUT2D eigenvalue weighted by Gasteiger charge is -2.16. The van der Waals surface area contributed by atoms with Gasteiger partial charge in [-0.1, -0.05) is 18.2 Å². The van der Waals surface area contributed by atoms with Crippen LogP contribution >= 0.6 is 0 Å². The second-order valence-electron chi connectivity index (χ2n) is 6.50. The van der Waals surface area contributed by atoms with E-state index in [1.807, 2.05) is 18.2 Å². The first-order valence-corrected chi connectivity index (χ1v) is 8.70. The monoisotopic (exact) mass is 321 g/mol. The standard InChI is InChI=1S/C20H23N3O/c1-15-8-9-17-18(14-15)22-20(21-17)16-6-2-3-7-19(16)24-13-12-23-10-4-5-11-23/h2-3,6-9,14H,4-5,10-13H2,1H3,(H,21,22). The third-order valence-corrected chi connectivity index (χ3v) is 4.64. The first-order valence-electron chi connectivity index (χ1n) is 8.70. The van der Waals surface area contributed by atoms with E-state index >= 15 is 0 Å². The van der Waals surface area contributed by atoms with Crippen molar-refractivity contribution in [2.24, 2.45) is 0 Å². The smallest absolute Gasteiger partial charge is 0.142 e.